The highest BCUT2D eigenvalue weighted by Gasteiger charge is 2.13. The highest BCUT2D eigenvalue weighted by Crippen LogP contribution is 2.22. The van der Waals surface area contributed by atoms with Gasteiger partial charge in [0.25, 0.3) is 0 Å². The summed E-state index contributed by atoms with van der Waals surface area (Å²) in [6, 6.07) is 13.8. The van der Waals surface area contributed by atoms with Gasteiger partial charge in [0.2, 0.25) is 0 Å². The Bertz CT molecular complexity index is 1040. The molecule has 37 heavy (non-hydrogen) atoms. The molecule has 0 saturated carbocycles. The van der Waals surface area contributed by atoms with E-state index in [0.29, 0.717) is 37.2 Å². The zero-order valence-corrected chi connectivity index (χ0v) is 23.0. The molecule has 0 unspecified atom stereocenters. The van der Waals surface area contributed by atoms with Gasteiger partial charge in [-0.1, -0.05) is 58.3 Å². The number of carbonyl (C=O) groups excluding carboxylic acids is 1. The number of anilines is 1. The highest BCUT2D eigenvalue weighted by molar-refractivity contribution is 7.91. The number of carbonyl (C=O) groups is 1. The van der Waals surface area contributed by atoms with Gasteiger partial charge in [-0.15, -0.1) is 0 Å². The second kappa shape index (κ2) is 17.8. The predicted octanol–water partition coefficient (Wildman–Crippen LogP) is 7.55. The summed E-state index contributed by atoms with van der Waals surface area (Å²) in [4.78, 5) is 12.4. The summed E-state index contributed by atoms with van der Waals surface area (Å²) in [6.07, 6.45) is 12.0. The molecule has 7 nitrogen and oxygen atoms in total. The fourth-order valence-corrected chi connectivity index (χ4v) is 5.30. The molecule has 0 radical (unpaired) electrons. The second-order valence-corrected chi connectivity index (χ2v) is 11.6. The molecule has 0 fully saturated rings. The van der Waals surface area contributed by atoms with Gasteiger partial charge in [-0.3, -0.25) is 4.79 Å². The number of nitrogens with one attached hydrogen (secondary N) is 1. The van der Waals surface area contributed by atoms with Gasteiger partial charge in [0, 0.05) is 18.7 Å². The normalized spacial score (nSPS) is 11.7. The second-order valence-electron chi connectivity index (χ2n) is 9.46. The number of nitrogens with zero attached hydrogens (tertiary/aromatic N) is 2. The molecule has 0 spiro atoms. The van der Waals surface area contributed by atoms with E-state index in [1.807, 2.05) is 24.3 Å². The molecule has 0 aliphatic rings. The average molecular weight is 530 g/mol. The number of hydrogen-bond acceptors (Lipinski definition) is 7. The van der Waals surface area contributed by atoms with Crippen LogP contribution in [0.25, 0.3) is 0 Å². The van der Waals surface area contributed by atoms with Crippen molar-refractivity contribution in [3.05, 3.63) is 48.5 Å². The molecule has 0 amide bonds. The van der Waals surface area contributed by atoms with Crippen LogP contribution in [0.5, 0.6) is 0 Å². The molecule has 8 heteroatoms. The Morgan fingerprint density at radius 2 is 1.30 bits per heavy atom. The summed E-state index contributed by atoms with van der Waals surface area (Å²) >= 11 is 0. The van der Waals surface area contributed by atoms with Gasteiger partial charge in [-0.25, -0.2) is 8.42 Å². The Hall–Kier alpha value is -2.58. The van der Waals surface area contributed by atoms with Crippen molar-refractivity contribution in [3.8, 4) is 0 Å². The lowest BCUT2D eigenvalue weighted by molar-refractivity contribution is -0.117. The summed E-state index contributed by atoms with van der Waals surface area (Å²) < 4.78 is 24.9. The largest absolute Gasteiger partial charge is 0.396 e. The minimum Gasteiger partial charge on any atom is -0.396 e. The maximum absolute atomic E-state index is 12.5. The Labute approximate surface area is 222 Å². The lowest BCUT2D eigenvalue weighted by atomic mass is 10.1. The van der Waals surface area contributed by atoms with E-state index in [1.54, 1.807) is 24.3 Å². The SMILES string of the molecule is CCCCCCCCCC(=O)CNc1ccc(/N=N/c2ccc(S(=O)(=O)CCCCCCO)cc2)cc1. The number of sulfone groups is 1. The van der Waals surface area contributed by atoms with Crippen LogP contribution in [0.3, 0.4) is 0 Å². The molecular weight excluding hydrogens is 486 g/mol. The van der Waals surface area contributed by atoms with Gasteiger partial charge in [0.15, 0.2) is 15.6 Å². The number of azo groups is 1. The van der Waals surface area contributed by atoms with Gasteiger partial charge in [0.1, 0.15) is 0 Å². The number of rotatable bonds is 20. The number of aliphatic hydroxyl groups is 1. The molecular formula is C29H43N3O4S. The van der Waals surface area contributed by atoms with Crippen LogP contribution < -0.4 is 5.32 Å². The Morgan fingerprint density at radius 1 is 0.757 bits per heavy atom. The van der Waals surface area contributed by atoms with Crippen LogP contribution in [0.2, 0.25) is 0 Å². The Kier molecular flexibility index (Phi) is 14.7. The molecule has 0 heterocycles. The summed E-state index contributed by atoms with van der Waals surface area (Å²) in [5, 5.41) is 20.4. The molecule has 0 saturated heterocycles. The molecule has 2 N–H and O–H groups in total. The fraction of sp³-hybridized carbons (Fsp3) is 0.552. The van der Waals surface area contributed by atoms with Crippen molar-refractivity contribution in [2.45, 2.75) is 88.9 Å². The number of ketones is 1. The van der Waals surface area contributed by atoms with Crippen LogP contribution in [0.15, 0.2) is 63.7 Å². The number of unbranched alkanes of at least 4 members (excludes halogenated alkanes) is 9. The molecule has 0 atom stereocenters. The van der Waals surface area contributed by atoms with Crippen molar-refractivity contribution < 1.29 is 18.3 Å². The van der Waals surface area contributed by atoms with Gasteiger partial charge >= 0.3 is 0 Å². The van der Waals surface area contributed by atoms with E-state index in [-0.39, 0.29) is 23.0 Å². The Morgan fingerprint density at radius 3 is 1.92 bits per heavy atom. The quantitative estimate of drug-likeness (QED) is 0.136. The van der Waals surface area contributed by atoms with E-state index < -0.39 is 9.84 Å². The maximum Gasteiger partial charge on any atom is 0.178 e. The van der Waals surface area contributed by atoms with Crippen molar-refractivity contribution >= 4 is 32.7 Å². The lowest BCUT2D eigenvalue weighted by Crippen LogP contribution is -2.13. The first kappa shape index (κ1) is 30.6. The standard InChI is InChI=1S/C29H43N3O4S/c1-2-3-4-5-6-7-10-13-28(34)24-30-25-14-16-26(17-15-25)31-32-27-18-20-29(21-19-27)37(35,36)23-12-9-8-11-22-33/h14-21,30,33H,2-13,22-24H2,1H3/b32-31+. The summed E-state index contributed by atoms with van der Waals surface area (Å²) in [5.41, 5.74) is 2.09. The number of Topliss-reactive ketones (excluding diaryl/α,β-unsaturated/α-hetero) is 1. The minimum atomic E-state index is -3.33. The predicted molar refractivity (Wildman–Crippen MR) is 151 cm³/mol. The summed E-state index contributed by atoms with van der Waals surface area (Å²) in [5.74, 6) is 0.328. The third kappa shape index (κ3) is 13.0. The lowest BCUT2D eigenvalue weighted by Gasteiger charge is -2.06. The smallest absolute Gasteiger partial charge is 0.178 e. The molecule has 0 aliphatic carbocycles. The molecule has 0 aliphatic heterocycles. The van der Waals surface area contributed by atoms with Crippen LogP contribution >= 0.6 is 0 Å². The van der Waals surface area contributed by atoms with E-state index in [4.69, 9.17) is 5.11 Å². The number of aliphatic hydroxyl groups excluding tert-OH is 1. The molecule has 2 rings (SSSR count). The van der Waals surface area contributed by atoms with Gasteiger partial charge < -0.3 is 10.4 Å². The minimum absolute atomic E-state index is 0.102. The first-order valence-electron chi connectivity index (χ1n) is 13.7. The van der Waals surface area contributed by atoms with Crippen molar-refractivity contribution in [2.24, 2.45) is 10.2 Å². The van der Waals surface area contributed by atoms with Gasteiger partial charge in [-0.2, -0.15) is 10.2 Å². The van der Waals surface area contributed by atoms with E-state index in [9.17, 15) is 13.2 Å². The summed E-state index contributed by atoms with van der Waals surface area (Å²) in [7, 11) is -3.33. The highest BCUT2D eigenvalue weighted by atomic mass is 32.2. The third-order valence-electron chi connectivity index (χ3n) is 6.21. The molecule has 2 aromatic rings. The zero-order valence-electron chi connectivity index (χ0n) is 22.2. The molecule has 0 bridgehead atoms. The zero-order chi connectivity index (χ0) is 26.8. The Balaban J connectivity index is 1.73. The fourth-order valence-electron chi connectivity index (χ4n) is 3.93. The summed E-state index contributed by atoms with van der Waals surface area (Å²) in [6.45, 7) is 2.69. The number of benzene rings is 2. The first-order chi connectivity index (χ1) is 17.9. The van der Waals surface area contributed by atoms with Crippen LogP contribution in [0, 0.1) is 0 Å². The van der Waals surface area contributed by atoms with Crippen LogP contribution in [-0.2, 0) is 14.6 Å². The van der Waals surface area contributed by atoms with Gasteiger partial charge in [-0.05, 0) is 67.8 Å². The molecule has 0 aromatic heterocycles. The maximum atomic E-state index is 12.5. The topological polar surface area (TPSA) is 108 Å². The monoisotopic (exact) mass is 529 g/mol. The van der Waals surface area contributed by atoms with Crippen molar-refractivity contribution in [2.75, 3.05) is 24.2 Å². The van der Waals surface area contributed by atoms with Crippen LogP contribution in [0.1, 0.15) is 84.0 Å². The van der Waals surface area contributed by atoms with Crippen molar-refractivity contribution in [1.82, 2.24) is 0 Å². The van der Waals surface area contributed by atoms with E-state index in [1.165, 1.54) is 32.1 Å². The van der Waals surface area contributed by atoms with E-state index in [2.05, 4.69) is 22.5 Å². The van der Waals surface area contributed by atoms with Crippen molar-refractivity contribution in [3.63, 3.8) is 0 Å². The molecule has 204 valence electrons. The molecule has 2 aromatic carbocycles. The first-order valence-corrected chi connectivity index (χ1v) is 15.3. The van der Waals surface area contributed by atoms with Crippen molar-refractivity contribution in [1.29, 1.82) is 0 Å². The average Bonchev–Trinajstić information content (AvgIpc) is 2.91. The van der Waals surface area contributed by atoms with E-state index >= 15 is 0 Å². The third-order valence-corrected chi connectivity index (χ3v) is 8.03. The van der Waals surface area contributed by atoms with Crippen LogP contribution in [0.4, 0.5) is 17.1 Å². The van der Waals surface area contributed by atoms with E-state index in [0.717, 1.165) is 31.4 Å². The van der Waals surface area contributed by atoms with Crippen LogP contribution in [-0.4, -0.2) is 38.2 Å². The van der Waals surface area contributed by atoms with Gasteiger partial charge in [0.05, 0.1) is 28.6 Å². The number of hydrogen-bond donors (Lipinski definition) is 2.